The van der Waals surface area contributed by atoms with Crippen molar-refractivity contribution >= 4 is 21.8 Å². The minimum absolute atomic E-state index is 0.0340. The van der Waals surface area contributed by atoms with E-state index < -0.39 is 0 Å². The number of aromatic nitrogens is 1. The highest BCUT2D eigenvalue weighted by atomic mass is 79.9. The molecule has 180 valence electrons. The molecule has 6 nitrogen and oxygen atoms in total. The van der Waals surface area contributed by atoms with Crippen molar-refractivity contribution in [2.24, 2.45) is 0 Å². The molecule has 35 heavy (non-hydrogen) atoms. The maximum Gasteiger partial charge on any atom is 0.277 e. The van der Waals surface area contributed by atoms with Gasteiger partial charge in [-0.05, 0) is 46.5 Å². The number of allylic oxidation sites excluding steroid dienone is 3. The van der Waals surface area contributed by atoms with Crippen molar-refractivity contribution in [3.63, 3.8) is 0 Å². The first-order valence-electron chi connectivity index (χ1n) is 11.4. The molecule has 1 unspecified atom stereocenters. The Labute approximate surface area is 213 Å². The zero-order chi connectivity index (χ0) is 24.9. The molecule has 1 aromatic heterocycles. The fourth-order valence-corrected chi connectivity index (χ4v) is 4.57. The van der Waals surface area contributed by atoms with Gasteiger partial charge in [-0.1, -0.05) is 78.9 Å². The van der Waals surface area contributed by atoms with Crippen LogP contribution in [0.15, 0.2) is 99.9 Å². The van der Waals surface area contributed by atoms with Gasteiger partial charge >= 0.3 is 0 Å². The number of fused-ring (bicyclic) bond motifs is 1. The van der Waals surface area contributed by atoms with E-state index in [9.17, 15) is 9.59 Å². The van der Waals surface area contributed by atoms with Gasteiger partial charge in [0.15, 0.2) is 11.4 Å². The van der Waals surface area contributed by atoms with E-state index in [1.165, 1.54) is 0 Å². The molecule has 4 rings (SSSR count). The maximum absolute atomic E-state index is 13.4. The standard InChI is InChI=1S/C28H28BrN3O3/c1-4-5-12-20(2)24(22-15-10-7-11-16-22)32-19-30(3)28(34)25-27(26(33)23(29)17-31(25)32)35-18-21-13-8-6-9-14-21/h4-17,24H,18-19H2,1-3H3/b5-4-,20-12+. The lowest BCUT2D eigenvalue weighted by molar-refractivity contribution is 0.0722. The van der Waals surface area contributed by atoms with Gasteiger partial charge in [0.25, 0.3) is 5.91 Å². The number of amides is 1. The molecule has 1 amide bonds. The number of carbonyl (C=O) groups is 1. The number of halogens is 1. The predicted octanol–water partition coefficient (Wildman–Crippen LogP) is 5.43. The molecule has 0 fully saturated rings. The van der Waals surface area contributed by atoms with E-state index in [0.29, 0.717) is 11.1 Å². The van der Waals surface area contributed by atoms with Crippen LogP contribution in [-0.2, 0) is 6.61 Å². The summed E-state index contributed by atoms with van der Waals surface area (Å²) in [5.41, 5.74) is 2.92. The molecule has 2 aromatic carbocycles. The SMILES string of the molecule is C/C=C\C=C(/C)C(c1ccccc1)N1CN(C)C(=O)c2c(OCc3ccccc3)c(=O)c(Br)cn21. The van der Waals surface area contributed by atoms with Crippen molar-refractivity contribution in [2.45, 2.75) is 26.5 Å². The van der Waals surface area contributed by atoms with Crippen LogP contribution in [0.1, 0.15) is 41.5 Å². The number of benzene rings is 2. The molecule has 7 heteroatoms. The molecule has 0 saturated heterocycles. The summed E-state index contributed by atoms with van der Waals surface area (Å²) >= 11 is 3.41. The van der Waals surface area contributed by atoms with Crippen molar-refractivity contribution in [3.05, 3.63) is 122 Å². The molecule has 2 heterocycles. The summed E-state index contributed by atoms with van der Waals surface area (Å²) in [5.74, 6) is -0.234. The summed E-state index contributed by atoms with van der Waals surface area (Å²) in [6.45, 7) is 4.55. The highest BCUT2D eigenvalue weighted by Crippen LogP contribution is 2.33. The van der Waals surface area contributed by atoms with Crippen LogP contribution in [0.2, 0.25) is 0 Å². The van der Waals surface area contributed by atoms with Gasteiger partial charge in [0.1, 0.15) is 13.3 Å². The summed E-state index contributed by atoms with van der Waals surface area (Å²) in [6, 6.07) is 19.5. The largest absolute Gasteiger partial charge is 0.482 e. The summed E-state index contributed by atoms with van der Waals surface area (Å²) in [6.07, 6.45) is 7.71. The molecule has 1 aliphatic heterocycles. The van der Waals surface area contributed by atoms with Crippen LogP contribution in [0.5, 0.6) is 5.75 Å². The monoisotopic (exact) mass is 533 g/mol. The summed E-state index contributed by atoms with van der Waals surface area (Å²) in [5, 5.41) is 2.07. The third kappa shape index (κ3) is 5.10. The smallest absolute Gasteiger partial charge is 0.277 e. The summed E-state index contributed by atoms with van der Waals surface area (Å²) in [4.78, 5) is 28.1. The first-order chi connectivity index (χ1) is 16.9. The van der Waals surface area contributed by atoms with Crippen molar-refractivity contribution < 1.29 is 9.53 Å². The fraction of sp³-hybridized carbons (Fsp3) is 0.214. The third-order valence-electron chi connectivity index (χ3n) is 5.91. The maximum atomic E-state index is 13.4. The first kappa shape index (κ1) is 24.5. The minimum atomic E-state index is -0.353. The molecule has 0 saturated carbocycles. The van der Waals surface area contributed by atoms with Gasteiger partial charge in [0.2, 0.25) is 5.43 Å². The van der Waals surface area contributed by atoms with Gasteiger partial charge in [-0.2, -0.15) is 0 Å². The van der Waals surface area contributed by atoms with E-state index in [-0.39, 0.29) is 35.4 Å². The Morgan fingerprint density at radius 1 is 1.09 bits per heavy atom. The molecule has 1 aliphatic rings. The molecule has 0 spiro atoms. The molecule has 1 atom stereocenters. The summed E-state index contributed by atoms with van der Waals surface area (Å²) < 4.78 is 8.11. The predicted molar refractivity (Wildman–Crippen MR) is 142 cm³/mol. The van der Waals surface area contributed by atoms with Gasteiger partial charge in [0.05, 0.1) is 10.5 Å². The first-order valence-corrected chi connectivity index (χ1v) is 12.2. The highest BCUT2D eigenvalue weighted by molar-refractivity contribution is 9.10. The summed E-state index contributed by atoms with van der Waals surface area (Å²) in [7, 11) is 1.74. The lowest BCUT2D eigenvalue weighted by Crippen LogP contribution is -2.54. The second-order valence-electron chi connectivity index (χ2n) is 8.44. The van der Waals surface area contributed by atoms with E-state index in [1.807, 2.05) is 67.6 Å². The lowest BCUT2D eigenvalue weighted by Gasteiger charge is -2.43. The Bertz CT molecular complexity index is 1320. The van der Waals surface area contributed by atoms with Crippen LogP contribution < -0.4 is 15.2 Å². The van der Waals surface area contributed by atoms with E-state index in [2.05, 4.69) is 46.1 Å². The molecule has 0 bridgehead atoms. The lowest BCUT2D eigenvalue weighted by atomic mass is 9.98. The Balaban J connectivity index is 1.87. The minimum Gasteiger partial charge on any atom is -0.482 e. The zero-order valence-electron chi connectivity index (χ0n) is 20.0. The normalized spacial score (nSPS) is 14.9. The Morgan fingerprint density at radius 3 is 2.40 bits per heavy atom. The van der Waals surface area contributed by atoms with Crippen LogP contribution in [0, 0.1) is 0 Å². The Hall–Kier alpha value is -3.58. The second-order valence-corrected chi connectivity index (χ2v) is 9.29. The average Bonchev–Trinajstić information content (AvgIpc) is 2.87. The van der Waals surface area contributed by atoms with Gasteiger partial charge < -0.3 is 9.64 Å². The molecule has 0 aliphatic carbocycles. The number of nitrogens with zero attached hydrogens (tertiary/aromatic N) is 3. The molecular formula is C28H28BrN3O3. The third-order valence-corrected chi connectivity index (χ3v) is 6.47. The van der Waals surface area contributed by atoms with E-state index in [1.54, 1.807) is 22.8 Å². The van der Waals surface area contributed by atoms with Crippen LogP contribution in [0.4, 0.5) is 0 Å². The number of hydrogen-bond donors (Lipinski definition) is 0. The molecular weight excluding hydrogens is 506 g/mol. The van der Waals surface area contributed by atoms with E-state index in [0.717, 1.165) is 16.7 Å². The number of rotatable bonds is 7. The number of ether oxygens (including phenoxy) is 1. The molecule has 0 radical (unpaired) electrons. The van der Waals surface area contributed by atoms with Crippen molar-refractivity contribution in [2.75, 3.05) is 18.7 Å². The van der Waals surface area contributed by atoms with Crippen molar-refractivity contribution in [1.82, 2.24) is 9.58 Å². The Morgan fingerprint density at radius 2 is 1.74 bits per heavy atom. The van der Waals surface area contributed by atoms with Crippen LogP contribution in [0.3, 0.4) is 0 Å². The number of carbonyl (C=O) groups excluding carboxylic acids is 1. The molecule has 3 aromatic rings. The van der Waals surface area contributed by atoms with Gasteiger partial charge in [-0.15, -0.1) is 0 Å². The zero-order valence-corrected chi connectivity index (χ0v) is 21.6. The average molecular weight is 534 g/mol. The van der Waals surface area contributed by atoms with Crippen LogP contribution in [-0.4, -0.2) is 29.2 Å². The van der Waals surface area contributed by atoms with Gasteiger partial charge in [0, 0.05) is 13.2 Å². The van der Waals surface area contributed by atoms with Crippen LogP contribution in [0.25, 0.3) is 0 Å². The quantitative estimate of drug-likeness (QED) is 0.379. The molecule has 0 N–H and O–H groups in total. The highest BCUT2D eigenvalue weighted by Gasteiger charge is 2.36. The van der Waals surface area contributed by atoms with Gasteiger partial charge in [-0.25, -0.2) is 0 Å². The second kappa shape index (κ2) is 10.8. The van der Waals surface area contributed by atoms with E-state index >= 15 is 0 Å². The topological polar surface area (TPSA) is 54.8 Å². The van der Waals surface area contributed by atoms with Crippen molar-refractivity contribution in [1.29, 1.82) is 0 Å². The number of pyridine rings is 1. The van der Waals surface area contributed by atoms with E-state index in [4.69, 9.17) is 4.74 Å². The number of hydrogen-bond acceptors (Lipinski definition) is 4. The van der Waals surface area contributed by atoms with Gasteiger partial charge in [-0.3, -0.25) is 19.3 Å². The van der Waals surface area contributed by atoms with Crippen molar-refractivity contribution in [3.8, 4) is 5.75 Å². The fourth-order valence-electron chi connectivity index (χ4n) is 4.19. The Kier molecular flexibility index (Phi) is 7.56. The van der Waals surface area contributed by atoms with Crippen LogP contribution >= 0.6 is 15.9 Å².